The van der Waals surface area contributed by atoms with Gasteiger partial charge in [0.2, 0.25) is 0 Å². The van der Waals surface area contributed by atoms with Crippen molar-refractivity contribution in [1.82, 2.24) is 23.7 Å². The Balaban J connectivity index is 1.13. The SMILES string of the molecule is N#CCC1(n2cc(C34CC35C=CNC5=NC=N4)cn2)C[C@H]2CN(S(=O)(=O)N3CCCCC3)C[C@H]2C1. The maximum absolute atomic E-state index is 13.2. The van der Waals surface area contributed by atoms with Gasteiger partial charge in [-0.1, -0.05) is 12.5 Å². The molecule has 2 saturated carbocycles. The number of nitrogens with zero attached hydrogens (tertiary/aromatic N) is 7. The van der Waals surface area contributed by atoms with Crippen molar-refractivity contribution in [3.8, 4) is 6.07 Å². The third-order valence-electron chi connectivity index (χ3n) is 9.37. The van der Waals surface area contributed by atoms with E-state index in [1.807, 2.05) is 17.1 Å². The highest BCUT2D eigenvalue weighted by molar-refractivity contribution is 7.86. The van der Waals surface area contributed by atoms with Gasteiger partial charge in [-0.2, -0.15) is 27.4 Å². The lowest BCUT2D eigenvalue weighted by atomic mass is 9.91. The number of hydrogen-bond acceptors (Lipinski definition) is 7. The van der Waals surface area contributed by atoms with Crippen LogP contribution in [0.2, 0.25) is 0 Å². The number of amidine groups is 1. The minimum Gasteiger partial charge on any atom is -0.350 e. The molecule has 4 fully saturated rings. The number of nitriles is 1. The van der Waals surface area contributed by atoms with Crippen molar-refractivity contribution in [2.24, 2.45) is 27.2 Å². The summed E-state index contributed by atoms with van der Waals surface area (Å²) < 4.78 is 31.8. The van der Waals surface area contributed by atoms with Crippen LogP contribution in [-0.2, 0) is 21.3 Å². The van der Waals surface area contributed by atoms with Crippen LogP contribution in [0, 0.1) is 28.6 Å². The molecule has 184 valence electrons. The predicted octanol–water partition coefficient (Wildman–Crippen LogP) is 1.71. The Labute approximate surface area is 205 Å². The molecule has 5 atom stereocenters. The fourth-order valence-corrected chi connectivity index (χ4v) is 9.27. The summed E-state index contributed by atoms with van der Waals surface area (Å²) in [6, 6.07) is 2.41. The molecule has 1 N–H and O–H groups in total. The van der Waals surface area contributed by atoms with Crippen molar-refractivity contribution in [3.63, 3.8) is 0 Å². The van der Waals surface area contributed by atoms with Crippen LogP contribution in [0.15, 0.2) is 34.7 Å². The first-order valence-electron chi connectivity index (χ1n) is 12.7. The molecule has 1 aromatic rings. The molecule has 0 aromatic carbocycles. The summed E-state index contributed by atoms with van der Waals surface area (Å²) in [7, 11) is -3.40. The lowest BCUT2D eigenvalue weighted by Gasteiger charge is -2.32. The van der Waals surface area contributed by atoms with Gasteiger partial charge in [0.05, 0.1) is 29.6 Å². The van der Waals surface area contributed by atoms with Gasteiger partial charge in [-0.25, -0.2) is 4.99 Å². The van der Waals surface area contributed by atoms with Gasteiger partial charge < -0.3 is 5.32 Å². The number of nitrogens with one attached hydrogen (secondary N) is 1. The second-order valence-corrected chi connectivity index (χ2v) is 13.1. The summed E-state index contributed by atoms with van der Waals surface area (Å²) in [6.45, 7) is 2.34. The Morgan fingerprint density at radius 3 is 2.66 bits per heavy atom. The molecular formula is C24H30N8O2S. The van der Waals surface area contributed by atoms with E-state index in [0.29, 0.717) is 32.6 Å². The zero-order valence-electron chi connectivity index (χ0n) is 19.7. The molecule has 0 amide bonds. The van der Waals surface area contributed by atoms with Gasteiger partial charge in [0.15, 0.2) is 0 Å². The van der Waals surface area contributed by atoms with Crippen molar-refractivity contribution >= 4 is 22.4 Å². The monoisotopic (exact) mass is 494 g/mol. The lowest BCUT2D eigenvalue weighted by Crippen LogP contribution is -2.46. The second kappa shape index (κ2) is 7.24. The Hall–Kier alpha value is -2.55. The fourth-order valence-electron chi connectivity index (χ4n) is 7.46. The average molecular weight is 495 g/mol. The van der Waals surface area contributed by atoms with Gasteiger partial charge >= 0.3 is 0 Å². The zero-order valence-corrected chi connectivity index (χ0v) is 20.5. The highest BCUT2D eigenvalue weighted by Crippen LogP contribution is 2.69. The molecule has 35 heavy (non-hydrogen) atoms. The van der Waals surface area contributed by atoms with E-state index in [4.69, 9.17) is 10.1 Å². The standard InChI is InChI=1S/C24H30N8O2S/c25-6-4-22(10-18-13-31(14-19(18)11-22)35(33,34)30-8-2-1-3-9-30)32-15-20(12-29-32)24-16-23(24)5-7-26-21(23)27-17-28-24/h5,7,12,15,17-19H,1-4,8-11,13-14,16H2,(H,26,27,28)/t18-,19+,22?,23?,24?. The van der Waals surface area contributed by atoms with Gasteiger partial charge in [0, 0.05) is 37.9 Å². The zero-order chi connectivity index (χ0) is 23.9. The van der Waals surface area contributed by atoms with E-state index < -0.39 is 15.7 Å². The summed E-state index contributed by atoms with van der Waals surface area (Å²) in [5.41, 5.74) is 0.0802. The van der Waals surface area contributed by atoms with E-state index in [2.05, 4.69) is 28.7 Å². The molecule has 1 aromatic heterocycles. The third kappa shape index (κ3) is 2.87. The van der Waals surface area contributed by atoms with Crippen molar-refractivity contribution in [1.29, 1.82) is 5.26 Å². The van der Waals surface area contributed by atoms with Crippen LogP contribution >= 0.6 is 0 Å². The van der Waals surface area contributed by atoms with Gasteiger partial charge in [0.25, 0.3) is 10.2 Å². The number of aromatic nitrogens is 2. The van der Waals surface area contributed by atoms with Gasteiger partial charge in [-0.15, -0.1) is 0 Å². The molecule has 1 spiro atoms. The van der Waals surface area contributed by atoms with Gasteiger partial charge in [0.1, 0.15) is 17.7 Å². The highest BCUT2D eigenvalue weighted by atomic mass is 32.2. The minimum atomic E-state index is -3.40. The Bertz CT molecular complexity index is 1290. The topological polar surface area (TPSA) is 119 Å². The van der Waals surface area contributed by atoms with E-state index >= 15 is 0 Å². The van der Waals surface area contributed by atoms with Crippen LogP contribution in [0.4, 0.5) is 0 Å². The first kappa shape index (κ1) is 21.7. The molecule has 5 heterocycles. The second-order valence-electron chi connectivity index (χ2n) is 11.2. The highest BCUT2D eigenvalue weighted by Gasteiger charge is 2.73. The number of fused-ring (bicyclic) bond motifs is 1. The molecule has 6 aliphatic rings. The van der Waals surface area contributed by atoms with Crippen LogP contribution in [0.5, 0.6) is 0 Å². The quantitative estimate of drug-likeness (QED) is 0.668. The summed E-state index contributed by atoms with van der Waals surface area (Å²) in [5.74, 6) is 1.43. The van der Waals surface area contributed by atoms with Crippen LogP contribution in [0.25, 0.3) is 0 Å². The summed E-state index contributed by atoms with van der Waals surface area (Å²) in [6.07, 6.45) is 15.5. The Kier molecular flexibility index (Phi) is 4.49. The average Bonchev–Trinajstić information content (AvgIpc) is 3.37. The summed E-state index contributed by atoms with van der Waals surface area (Å²) in [5, 5.41) is 17.8. The number of rotatable bonds is 5. The maximum atomic E-state index is 13.2. The number of aliphatic imine (C=N–C) groups is 2. The van der Waals surface area contributed by atoms with Crippen LogP contribution in [-0.4, -0.2) is 65.2 Å². The van der Waals surface area contributed by atoms with E-state index in [1.54, 1.807) is 14.9 Å². The van der Waals surface area contributed by atoms with Crippen LogP contribution < -0.4 is 5.32 Å². The molecule has 7 rings (SSSR count). The van der Waals surface area contributed by atoms with Crippen LogP contribution in [0.3, 0.4) is 0 Å². The molecule has 4 aliphatic heterocycles. The molecule has 11 heteroatoms. The number of piperidine rings is 1. The molecule has 2 aliphatic carbocycles. The number of hydrogen-bond donors (Lipinski definition) is 1. The molecule has 10 nitrogen and oxygen atoms in total. The summed E-state index contributed by atoms with van der Waals surface area (Å²) >= 11 is 0. The Morgan fingerprint density at radius 1 is 1.14 bits per heavy atom. The first-order valence-corrected chi connectivity index (χ1v) is 14.1. The molecule has 0 radical (unpaired) electrons. The van der Waals surface area contributed by atoms with E-state index in [9.17, 15) is 13.7 Å². The predicted molar refractivity (Wildman–Crippen MR) is 129 cm³/mol. The molecule has 2 saturated heterocycles. The van der Waals surface area contributed by atoms with E-state index in [-0.39, 0.29) is 22.8 Å². The first-order chi connectivity index (χ1) is 16.9. The van der Waals surface area contributed by atoms with Gasteiger partial charge in [-0.3, -0.25) is 9.67 Å². The van der Waals surface area contributed by atoms with E-state index in [0.717, 1.165) is 49.9 Å². The van der Waals surface area contributed by atoms with E-state index in [1.165, 1.54) is 0 Å². The van der Waals surface area contributed by atoms with Crippen molar-refractivity contribution in [2.75, 3.05) is 26.2 Å². The largest absolute Gasteiger partial charge is 0.350 e. The molecule has 0 bridgehead atoms. The molecular weight excluding hydrogens is 464 g/mol. The van der Waals surface area contributed by atoms with Crippen LogP contribution in [0.1, 0.15) is 50.5 Å². The van der Waals surface area contributed by atoms with Gasteiger partial charge in [-0.05, 0) is 50.1 Å². The van der Waals surface area contributed by atoms with Crippen molar-refractivity contribution < 1.29 is 8.42 Å². The fraction of sp³-hybridized carbons (Fsp3) is 0.667. The molecule has 3 unspecified atom stereocenters. The normalized spacial score (nSPS) is 40.0. The smallest absolute Gasteiger partial charge is 0.281 e. The lowest BCUT2D eigenvalue weighted by molar-refractivity contribution is 0.235. The maximum Gasteiger partial charge on any atom is 0.281 e. The Morgan fingerprint density at radius 2 is 1.91 bits per heavy atom. The third-order valence-corrected chi connectivity index (χ3v) is 11.3. The minimum absolute atomic E-state index is 0.201. The van der Waals surface area contributed by atoms with Crippen molar-refractivity contribution in [3.05, 3.63) is 30.2 Å². The summed E-state index contributed by atoms with van der Waals surface area (Å²) in [4.78, 5) is 9.21. The van der Waals surface area contributed by atoms with Crippen molar-refractivity contribution in [2.45, 2.75) is 56.0 Å².